The van der Waals surface area contributed by atoms with Crippen molar-refractivity contribution in [3.05, 3.63) is 81.7 Å². The van der Waals surface area contributed by atoms with Gasteiger partial charge < -0.3 is 0 Å². The molecule has 7 heteroatoms. The maximum absolute atomic E-state index is 14.8. The van der Waals surface area contributed by atoms with Crippen LogP contribution in [-0.4, -0.2) is 5.92 Å². The molecule has 0 spiro atoms. The lowest BCUT2D eigenvalue weighted by molar-refractivity contribution is -0.0935. The second-order valence-electron chi connectivity index (χ2n) is 17.0. The number of halogens is 7. The van der Waals surface area contributed by atoms with Gasteiger partial charge in [0.1, 0.15) is 0 Å². The molecular formula is C44H59F7. The minimum Gasteiger partial charge on any atom is -0.212 e. The topological polar surface area (TPSA) is 0 Å². The van der Waals surface area contributed by atoms with E-state index in [2.05, 4.69) is 13.8 Å². The Balaban J connectivity index is 0.000000198. The van der Waals surface area contributed by atoms with Crippen LogP contribution in [0.5, 0.6) is 0 Å². The van der Waals surface area contributed by atoms with Crippen LogP contribution in [-0.2, 0) is 0 Å². The first kappa shape index (κ1) is 39.9. The van der Waals surface area contributed by atoms with E-state index in [9.17, 15) is 30.7 Å². The Bertz CT molecular complexity index is 1450. The average Bonchev–Trinajstić information content (AvgIpc) is 3.12. The Morgan fingerprint density at radius 3 is 1.49 bits per heavy atom. The van der Waals surface area contributed by atoms with E-state index < -0.39 is 35.1 Å². The van der Waals surface area contributed by atoms with Crippen LogP contribution in [0.4, 0.5) is 30.7 Å². The molecule has 2 aromatic rings. The van der Waals surface area contributed by atoms with Crippen molar-refractivity contribution in [3.63, 3.8) is 0 Å². The number of alkyl halides is 2. The quantitative estimate of drug-likeness (QED) is 0.250. The summed E-state index contributed by atoms with van der Waals surface area (Å²) in [4.78, 5) is 0. The van der Waals surface area contributed by atoms with Crippen LogP contribution in [0.2, 0.25) is 0 Å². The molecule has 6 rings (SSSR count). The lowest BCUT2D eigenvalue weighted by Gasteiger charge is -2.37. The summed E-state index contributed by atoms with van der Waals surface area (Å²) in [6.45, 7) is 7.57. The van der Waals surface area contributed by atoms with Crippen molar-refractivity contribution in [1.82, 2.24) is 0 Å². The number of hydrogen-bond donors (Lipinski definition) is 0. The first-order valence-electron chi connectivity index (χ1n) is 19.9. The first-order valence-corrected chi connectivity index (χ1v) is 19.9. The second kappa shape index (κ2) is 17.7. The van der Waals surface area contributed by atoms with Crippen LogP contribution in [0, 0.1) is 72.6 Å². The smallest absolute Gasteiger partial charge is 0.212 e. The van der Waals surface area contributed by atoms with Gasteiger partial charge in [-0.25, -0.2) is 30.7 Å². The normalized spacial score (nSPS) is 30.8. The van der Waals surface area contributed by atoms with E-state index in [0.717, 1.165) is 70.1 Å². The van der Waals surface area contributed by atoms with Crippen LogP contribution in [0.3, 0.4) is 0 Å². The van der Waals surface area contributed by atoms with Gasteiger partial charge in [0.05, 0.1) is 5.83 Å². The summed E-state index contributed by atoms with van der Waals surface area (Å²) in [5, 5.41) is 0. The Labute approximate surface area is 302 Å². The van der Waals surface area contributed by atoms with Gasteiger partial charge in [0.15, 0.2) is 23.3 Å². The van der Waals surface area contributed by atoms with E-state index in [1.807, 2.05) is 6.08 Å². The molecule has 0 radical (unpaired) electrons. The van der Waals surface area contributed by atoms with Crippen LogP contribution in [0.1, 0.15) is 157 Å². The minimum absolute atomic E-state index is 0.00255. The third-order valence-electron chi connectivity index (χ3n) is 13.1. The minimum atomic E-state index is -2.63. The molecule has 284 valence electrons. The highest BCUT2D eigenvalue weighted by Crippen LogP contribution is 2.47. The van der Waals surface area contributed by atoms with Gasteiger partial charge in [-0.3, -0.25) is 0 Å². The molecule has 0 saturated heterocycles. The van der Waals surface area contributed by atoms with Crippen LogP contribution < -0.4 is 0 Å². The Morgan fingerprint density at radius 2 is 1.02 bits per heavy atom. The monoisotopic (exact) mass is 720 g/mol. The molecule has 4 aliphatic rings. The van der Waals surface area contributed by atoms with Crippen LogP contribution in [0.25, 0.3) is 0 Å². The van der Waals surface area contributed by atoms with E-state index >= 15 is 0 Å². The van der Waals surface area contributed by atoms with Crippen LogP contribution >= 0.6 is 0 Å². The predicted molar refractivity (Wildman–Crippen MR) is 193 cm³/mol. The van der Waals surface area contributed by atoms with Crippen molar-refractivity contribution in [3.8, 4) is 0 Å². The van der Waals surface area contributed by atoms with E-state index in [4.69, 9.17) is 0 Å². The van der Waals surface area contributed by atoms with Gasteiger partial charge in [0.25, 0.3) is 5.92 Å². The zero-order chi connectivity index (χ0) is 36.9. The van der Waals surface area contributed by atoms with Crippen molar-refractivity contribution >= 4 is 0 Å². The summed E-state index contributed by atoms with van der Waals surface area (Å²) in [7, 11) is 0. The molecule has 0 N–H and O–H groups in total. The molecule has 0 heterocycles. The third kappa shape index (κ3) is 10.2. The number of rotatable bonds is 7. The molecule has 51 heavy (non-hydrogen) atoms. The highest BCUT2D eigenvalue weighted by atomic mass is 19.3. The SMILES string of the molecule is Cc1ccc(C2CCC(/C(F)=C/C3CCC(C)CC3)CC2)c(F)c1F.Cc1ccc(C2CCC(C(F)(F)CC3CCC(C)CC3)CC2)c(F)c1F. The molecule has 0 bridgehead atoms. The number of allylic oxidation sites excluding steroid dienone is 2. The fourth-order valence-corrected chi connectivity index (χ4v) is 9.36. The highest BCUT2D eigenvalue weighted by Gasteiger charge is 2.43. The van der Waals surface area contributed by atoms with Gasteiger partial charge in [0.2, 0.25) is 0 Å². The predicted octanol–water partition coefficient (Wildman–Crippen LogP) is 14.6. The molecule has 0 amide bonds. The molecule has 0 nitrogen and oxygen atoms in total. The molecular weight excluding hydrogens is 661 g/mol. The molecule has 0 atom stereocenters. The molecule has 0 aromatic heterocycles. The summed E-state index contributed by atoms with van der Waals surface area (Å²) in [6.07, 6.45) is 15.1. The molecule has 0 aliphatic heterocycles. The Hall–Kier alpha value is -2.31. The summed E-state index contributed by atoms with van der Waals surface area (Å²) in [5.74, 6) is -4.46. The van der Waals surface area contributed by atoms with Gasteiger partial charge in [-0.15, -0.1) is 0 Å². The second-order valence-corrected chi connectivity index (χ2v) is 17.0. The summed E-state index contributed by atoms with van der Waals surface area (Å²) >= 11 is 0. The standard InChI is InChI=1S/C22H30F4.C22H29F3/c1-14-3-6-16(7-4-14)13-22(25,26)18-10-8-17(9-11-18)19-12-5-15(2)20(23)21(19)24;1-14-3-6-16(7-4-14)13-20(23)18-10-8-17(9-11-18)19-12-5-15(2)21(24)22(19)25/h5,12,14,16-18H,3-4,6-11,13H2,1-2H3;5,12-14,16-18H,3-4,6-11H2,1-2H3/b;20-13-. The van der Waals surface area contributed by atoms with Gasteiger partial charge in [-0.05, 0) is 155 Å². The van der Waals surface area contributed by atoms with Gasteiger partial charge in [-0.1, -0.05) is 63.8 Å². The van der Waals surface area contributed by atoms with Gasteiger partial charge in [0, 0.05) is 18.3 Å². The summed E-state index contributed by atoms with van der Waals surface area (Å²) < 4.78 is 100. The van der Waals surface area contributed by atoms with Crippen molar-refractivity contribution < 1.29 is 30.7 Å². The van der Waals surface area contributed by atoms with Crippen molar-refractivity contribution in [2.45, 2.75) is 155 Å². The first-order chi connectivity index (χ1) is 24.2. The van der Waals surface area contributed by atoms with Crippen LogP contribution in [0.15, 0.2) is 36.2 Å². The fraction of sp³-hybridized carbons (Fsp3) is 0.682. The van der Waals surface area contributed by atoms with Crippen molar-refractivity contribution in [2.24, 2.45) is 35.5 Å². The Morgan fingerprint density at radius 1 is 0.588 bits per heavy atom. The molecule has 2 aromatic carbocycles. The highest BCUT2D eigenvalue weighted by molar-refractivity contribution is 5.30. The third-order valence-corrected chi connectivity index (χ3v) is 13.1. The zero-order valence-electron chi connectivity index (χ0n) is 31.2. The number of benzene rings is 2. The molecule has 4 aliphatic carbocycles. The van der Waals surface area contributed by atoms with Gasteiger partial charge >= 0.3 is 0 Å². The molecule has 0 unspecified atom stereocenters. The molecule has 4 fully saturated rings. The van der Waals surface area contributed by atoms with E-state index in [1.165, 1.54) is 19.8 Å². The average molecular weight is 721 g/mol. The lowest BCUT2D eigenvalue weighted by atomic mass is 9.72. The van der Waals surface area contributed by atoms with E-state index in [0.29, 0.717) is 54.2 Å². The maximum Gasteiger partial charge on any atom is 0.251 e. The fourth-order valence-electron chi connectivity index (χ4n) is 9.36. The Kier molecular flexibility index (Phi) is 13.8. The number of aryl methyl sites for hydroxylation is 2. The zero-order valence-corrected chi connectivity index (χ0v) is 31.2. The summed E-state index contributed by atoms with van der Waals surface area (Å²) in [6, 6.07) is 6.55. The molecule has 4 saturated carbocycles. The van der Waals surface area contributed by atoms with Gasteiger partial charge in [-0.2, -0.15) is 0 Å². The van der Waals surface area contributed by atoms with E-state index in [1.54, 1.807) is 31.2 Å². The number of hydrogen-bond acceptors (Lipinski definition) is 0. The van der Waals surface area contributed by atoms with E-state index in [-0.39, 0.29) is 41.5 Å². The largest absolute Gasteiger partial charge is 0.251 e. The van der Waals surface area contributed by atoms with Crippen molar-refractivity contribution in [2.75, 3.05) is 0 Å². The lowest BCUT2D eigenvalue weighted by Crippen LogP contribution is -2.34. The summed E-state index contributed by atoms with van der Waals surface area (Å²) in [5.41, 5.74) is 1.45. The van der Waals surface area contributed by atoms with Crippen molar-refractivity contribution in [1.29, 1.82) is 0 Å². The maximum atomic E-state index is 14.8.